The van der Waals surface area contributed by atoms with Crippen LogP contribution in [-0.4, -0.2) is 45.8 Å². The number of aryl methyl sites for hydroxylation is 2. The highest BCUT2D eigenvalue weighted by Gasteiger charge is 2.31. The predicted octanol–water partition coefficient (Wildman–Crippen LogP) is 4.37. The zero-order chi connectivity index (χ0) is 22.5. The minimum atomic E-state index is 0.0831. The third-order valence-corrected chi connectivity index (χ3v) is 7.84. The molecule has 1 aromatic heterocycles. The van der Waals surface area contributed by atoms with Crippen LogP contribution in [0.4, 0.5) is 0 Å². The first kappa shape index (κ1) is 23.2. The first-order chi connectivity index (χ1) is 15.5. The summed E-state index contributed by atoms with van der Waals surface area (Å²) in [4.78, 5) is 37.0. The van der Waals surface area contributed by atoms with Gasteiger partial charge in [0.2, 0.25) is 11.8 Å². The van der Waals surface area contributed by atoms with Crippen LogP contribution < -0.4 is 5.32 Å². The number of nitrogens with zero attached hydrogens (tertiary/aromatic N) is 3. The monoisotopic (exact) mass is 440 g/mol. The molecule has 1 atom stereocenters. The van der Waals surface area contributed by atoms with Crippen LogP contribution in [0, 0.1) is 19.8 Å². The van der Waals surface area contributed by atoms with E-state index < -0.39 is 0 Å². The van der Waals surface area contributed by atoms with Crippen LogP contribution in [0.2, 0.25) is 0 Å². The van der Waals surface area contributed by atoms with E-state index in [4.69, 9.17) is 9.97 Å². The maximum Gasteiger partial charge on any atom is 0.224 e. The number of aromatic nitrogens is 2. The Labute approximate surface area is 193 Å². The number of carbonyl (C=O) groups is 2. The second kappa shape index (κ2) is 10.8. The van der Waals surface area contributed by atoms with Crippen LogP contribution >= 0.6 is 0 Å². The van der Waals surface area contributed by atoms with Gasteiger partial charge in [-0.05, 0) is 51.9 Å². The average molecular weight is 441 g/mol. The van der Waals surface area contributed by atoms with Crippen molar-refractivity contribution in [3.05, 3.63) is 22.8 Å². The second-order valence-electron chi connectivity index (χ2n) is 10.3. The Kier molecular flexibility index (Phi) is 7.80. The molecule has 176 valence electrons. The molecular weight excluding hydrogens is 400 g/mol. The fourth-order valence-electron chi connectivity index (χ4n) is 5.85. The van der Waals surface area contributed by atoms with E-state index >= 15 is 0 Å². The second-order valence-corrected chi connectivity index (χ2v) is 10.3. The molecule has 1 N–H and O–H groups in total. The zero-order valence-corrected chi connectivity index (χ0v) is 20.0. The summed E-state index contributed by atoms with van der Waals surface area (Å²) in [6, 6.07) is 0.327. The third-order valence-electron chi connectivity index (χ3n) is 7.84. The van der Waals surface area contributed by atoms with E-state index in [1.165, 1.54) is 51.4 Å². The van der Waals surface area contributed by atoms with E-state index in [1.54, 1.807) is 0 Å². The molecule has 2 amide bonds. The van der Waals surface area contributed by atoms with Gasteiger partial charge in [0, 0.05) is 48.4 Å². The average Bonchev–Trinajstić information content (AvgIpc) is 3.28. The van der Waals surface area contributed by atoms with Crippen molar-refractivity contribution in [2.45, 2.75) is 109 Å². The molecule has 3 fully saturated rings. The summed E-state index contributed by atoms with van der Waals surface area (Å²) in [5.74, 6) is 2.01. The molecule has 1 saturated heterocycles. The Balaban J connectivity index is 1.33. The van der Waals surface area contributed by atoms with E-state index in [0.717, 1.165) is 55.1 Å². The molecule has 2 aliphatic carbocycles. The Hall–Kier alpha value is -1.98. The van der Waals surface area contributed by atoms with Crippen molar-refractivity contribution in [1.29, 1.82) is 0 Å². The maximum absolute atomic E-state index is 12.8. The maximum atomic E-state index is 12.8. The van der Waals surface area contributed by atoms with Gasteiger partial charge in [0.25, 0.3) is 0 Å². The summed E-state index contributed by atoms with van der Waals surface area (Å²) < 4.78 is 0. The smallest absolute Gasteiger partial charge is 0.224 e. The molecular formula is C26H40N4O2. The Bertz CT molecular complexity index is 789. The summed E-state index contributed by atoms with van der Waals surface area (Å²) in [7, 11) is 0. The molecule has 32 heavy (non-hydrogen) atoms. The molecule has 0 aromatic carbocycles. The predicted molar refractivity (Wildman–Crippen MR) is 125 cm³/mol. The standard InChI is InChI=1S/C26H40N4O2/c1-18-23(16-24(31)29-22-11-7-4-8-12-22)19(2)28-26(27-18)21-13-14-30(17-21)25(32)15-20-9-5-3-6-10-20/h20-22H,3-17H2,1-2H3,(H,29,31)/t21-/m1/s1. The van der Waals surface area contributed by atoms with E-state index in [1.807, 2.05) is 18.7 Å². The summed E-state index contributed by atoms with van der Waals surface area (Å²) >= 11 is 0. The van der Waals surface area contributed by atoms with Crippen LogP contribution in [0.25, 0.3) is 0 Å². The normalized spacial score (nSPS) is 22.8. The van der Waals surface area contributed by atoms with Gasteiger partial charge in [-0.2, -0.15) is 0 Å². The number of amides is 2. The number of nitrogens with one attached hydrogen (secondary N) is 1. The van der Waals surface area contributed by atoms with E-state index in [9.17, 15) is 9.59 Å². The minimum Gasteiger partial charge on any atom is -0.353 e. The van der Waals surface area contributed by atoms with Gasteiger partial charge < -0.3 is 10.2 Å². The summed E-state index contributed by atoms with van der Waals surface area (Å²) in [6.07, 6.45) is 14.2. The van der Waals surface area contributed by atoms with Crippen molar-refractivity contribution in [3.8, 4) is 0 Å². The Morgan fingerprint density at radius 3 is 2.19 bits per heavy atom. The molecule has 2 heterocycles. The van der Waals surface area contributed by atoms with E-state index in [0.29, 0.717) is 30.7 Å². The van der Waals surface area contributed by atoms with Gasteiger partial charge in [0.15, 0.2) is 0 Å². The molecule has 4 rings (SSSR count). The highest BCUT2D eigenvalue weighted by atomic mass is 16.2. The van der Waals surface area contributed by atoms with Gasteiger partial charge in [-0.3, -0.25) is 9.59 Å². The molecule has 1 aromatic rings. The molecule has 1 aliphatic heterocycles. The lowest BCUT2D eigenvalue weighted by atomic mass is 9.87. The molecule has 0 spiro atoms. The highest BCUT2D eigenvalue weighted by Crippen LogP contribution is 2.30. The number of rotatable bonds is 6. The fourth-order valence-corrected chi connectivity index (χ4v) is 5.85. The third kappa shape index (κ3) is 5.87. The molecule has 3 aliphatic rings. The van der Waals surface area contributed by atoms with Crippen molar-refractivity contribution in [2.75, 3.05) is 13.1 Å². The van der Waals surface area contributed by atoms with E-state index in [-0.39, 0.29) is 11.8 Å². The summed E-state index contributed by atoms with van der Waals surface area (Å²) in [5, 5.41) is 3.20. The van der Waals surface area contributed by atoms with Crippen molar-refractivity contribution in [3.63, 3.8) is 0 Å². The van der Waals surface area contributed by atoms with Crippen LogP contribution in [0.15, 0.2) is 0 Å². The highest BCUT2D eigenvalue weighted by molar-refractivity contribution is 5.79. The summed E-state index contributed by atoms with van der Waals surface area (Å²) in [5.41, 5.74) is 2.75. The number of likely N-dealkylation sites (tertiary alicyclic amines) is 1. The molecule has 0 unspecified atom stereocenters. The van der Waals surface area contributed by atoms with E-state index in [2.05, 4.69) is 5.32 Å². The van der Waals surface area contributed by atoms with Gasteiger partial charge in [-0.1, -0.05) is 38.5 Å². The van der Waals surface area contributed by atoms with Crippen LogP contribution in [0.5, 0.6) is 0 Å². The zero-order valence-electron chi connectivity index (χ0n) is 20.0. The van der Waals surface area contributed by atoms with Gasteiger partial charge in [0.05, 0.1) is 6.42 Å². The molecule has 0 radical (unpaired) electrons. The van der Waals surface area contributed by atoms with Gasteiger partial charge in [-0.15, -0.1) is 0 Å². The summed E-state index contributed by atoms with van der Waals surface area (Å²) in [6.45, 7) is 5.51. The first-order valence-electron chi connectivity index (χ1n) is 12.9. The van der Waals surface area contributed by atoms with Crippen LogP contribution in [0.1, 0.15) is 106 Å². The lowest BCUT2D eigenvalue weighted by Crippen LogP contribution is -2.37. The lowest BCUT2D eigenvalue weighted by Gasteiger charge is -2.24. The molecule has 0 bridgehead atoms. The minimum absolute atomic E-state index is 0.0831. The Morgan fingerprint density at radius 2 is 1.53 bits per heavy atom. The van der Waals surface area contributed by atoms with Gasteiger partial charge in [-0.25, -0.2) is 9.97 Å². The lowest BCUT2D eigenvalue weighted by molar-refractivity contribution is -0.131. The number of carbonyl (C=O) groups excluding carboxylic acids is 2. The van der Waals surface area contributed by atoms with Gasteiger partial charge >= 0.3 is 0 Å². The Morgan fingerprint density at radius 1 is 0.906 bits per heavy atom. The van der Waals surface area contributed by atoms with Gasteiger partial charge in [0.1, 0.15) is 5.82 Å². The van der Waals surface area contributed by atoms with Crippen molar-refractivity contribution >= 4 is 11.8 Å². The topological polar surface area (TPSA) is 75.2 Å². The van der Waals surface area contributed by atoms with Crippen LogP contribution in [0.3, 0.4) is 0 Å². The molecule has 6 nitrogen and oxygen atoms in total. The number of hydrogen-bond acceptors (Lipinski definition) is 4. The SMILES string of the molecule is Cc1nc([C@@H]2CCN(C(=O)CC3CCCCC3)C2)nc(C)c1CC(=O)NC1CCCCC1. The quantitative estimate of drug-likeness (QED) is 0.713. The van der Waals surface area contributed by atoms with Crippen molar-refractivity contribution in [1.82, 2.24) is 20.2 Å². The van der Waals surface area contributed by atoms with Crippen molar-refractivity contribution in [2.24, 2.45) is 5.92 Å². The molecule has 2 saturated carbocycles. The van der Waals surface area contributed by atoms with Crippen molar-refractivity contribution < 1.29 is 9.59 Å². The fraction of sp³-hybridized carbons (Fsp3) is 0.769. The first-order valence-corrected chi connectivity index (χ1v) is 12.9. The number of hydrogen-bond donors (Lipinski definition) is 1. The van der Waals surface area contributed by atoms with Crippen LogP contribution in [-0.2, 0) is 16.0 Å². The largest absolute Gasteiger partial charge is 0.353 e. The molecule has 6 heteroatoms.